The highest BCUT2D eigenvalue weighted by Gasteiger charge is 2.45. The minimum Gasteiger partial charge on any atom is -0.481 e. The number of rotatable bonds is 6. The average Bonchev–Trinajstić information content (AvgIpc) is 3.11. The molecule has 1 aliphatic carbocycles. The Morgan fingerprint density at radius 3 is 2.74 bits per heavy atom. The van der Waals surface area contributed by atoms with E-state index in [9.17, 15) is 9.59 Å². The minimum absolute atomic E-state index is 0.0436. The Labute approximate surface area is 139 Å². The van der Waals surface area contributed by atoms with Gasteiger partial charge in [0.1, 0.15) is 0 Å². The number of aliphatic carboxylic acids is 1. The molecule has 3 rings (SSSR count). The lowest BCUT2D eigenvalue weighted by Crippen LogP contribution is -2.31. The van der Waals surface area contributed by atoms with Crippen LogP contribution in [0.15, 0.2) is 41.8 Å². The van der Waals surface area contributed by atoms with Crippen molar-refractivity contribution in [2.45, 2.75) is 31.7 Å². The van der Waals surface area contributed by atoms with Crippen LogP contribution in [-0.2, 0) is 9.59 Å². The van der Waals surface area contributed by atoms with Gasteiger partial charge in [-0.15, -0.1) is 11.3 Å². The van der Waals surface area contributed by atoms with E-state index in [1.165, 1.54) is 22.5 Å². The largest absolute Gasteiger partial charge is 0.481 e. The van der Waals surface area contributed by atoms with Gasteiger partial charge in [-0.05, 0) is 41.8 Å². The molecule has 23 heavy (non-hydrogen) atoms. The molecule has 3 atom stereocenters. The molecule has 0 radical (unpaired) electrons. The molecule has 0 aliphatic heterocycles. The lowest BCUT2D eigenvalue weighted by Gasteiger charge is -2.15. The summed E-state index contributed by atoms with van der Waals surface area (Å²) in [7, 11) is 0. The number of aryl methyl sites for hydroxylation is 1. The highest BCUT2D eigenvalue weighted by Crippen LogP contribution is 2.48. The number of hydrogen-bond acceptors (Lipinski definition) is 3. The Hall–Kier alpha value is -2.14. The Morgan fingerprint density at radius 1 is 1.30 bits per heavy atom. The molecule has 0 saturated heterocycles. The predicted molar refractivity (Wildman–Crippen MR) is 89.5 cm³/mol. The van der Waals surface area contributed by atoms with E-state index in [4.69, 9.17) is 5.11 Å². The molecule has 0 spiro atoms. The topological polar surface area (TPSA) is 66.4 Å². The Kier molecular flexibility index (Phi) is 4.48. The number of carboxylic acids is 1. The van der Waals surface area contributed by atoms with E-state index in [-0.39, 0.29) is 24.2 Å². The molecule has 1 heterocycles. The van der Waals surface area contributed by atoms with Crippen LogP contribution in [0.2, 0.25) is 0 Å². The normalized spacial score (nSPS) is 20.7. The second-order valence-electron chi connectivity index (χ2n) is 5.98. The smallest absolute Gasteiger partial charge is 0.305 e. The molecule has 1 aromatic carbocycles. The van der Waals surface area contributed by atoms with Gasteiger partial charge in [-0.1, -0.05) is 30.3 Å². The second kappa shape index (κ2) is 6.54. The fourth-order valence-corrected chi connectivity index (χ4v) is 3.77. The maximum atomic E-state index is 12.5. The van der Waals surface area contributed by atoms with Gasteiger partial charge in [-0.2, -0.15) is 0 Å². The molecule has 2 aromatic rings. The summed E-state index contributed by atoms with van der Waals surface area (Å²) in [5.74, 6) is -0.745. The zero-order chi connectivity index (χ0) is 16.4. The fourth-order valence-electron chi connectivity index (χ4n) is 3.00. The molecular weight excluding hydrogens is 310 g/mol. The summed E-state index contributed by atoms with van der Waals surface area (Å²) in [6.07, 6.45) is 0.745. The van der Waals surface area contributed by atoms with Crippen molar-refractivity contribution in [2.75, 3.05) is 0 Å². The van der Waals surface area contributed by atoms with E-state index >= 15 is 0 Å². The van der Waals surface area contributed by atoms with Gasteiger partial charge in [0.05, 0.1) is 12.5 Å². The molecule has 4 nitrogen and oxygen atoms in total. The van der Waals surface area contributed by atoms with E-state index < -0.39 is 12.0 Å². The van der Waals surface area contributed by atoms with Gasteiger partial charge in [-0.25, -0.2) is 0 Å². The van der Waals surface area contributed by atoms with Crippen LogP contribution in [-0.4, -0.2) is 17.0 Å². The summed E-state index contributed by atoms with van der Waals surface area (Å²) >= 11 is 1.47. The third kappa shape index (κ3) is 3.62. The summed E-state index contributed by atoms with van der Waals surface area (Å²) in [5.41, 5.74) is 2.42. The van der Waals surface area contributed by atoms with Crippen molar-refractivity contribution in [2.24, 2.45) is 5.92 Å². The Morgan fingerprint density at radius 2 is 2.09 bits per heavy atom. The maximum Gasteiger partial charge on any atom is 0.305 e. The van der Waals surface area contributed by atoms with Crippen LogP contribution in [0, 0.1) is 12.8 Å². The first-order valence-corrected chi connectivity index (χ1v) is 8.55. The number of thiophene rings is 1. The van der Waals surface area contributed by atoms with Crippen LogP contribution in [0.1, 0.15) is 40.8 Å². The number of benzene rings is 1. The van der Waals surface area contributed by atoms with Crippen molar-refractivity contribution >= 4 is 23.2 Å². The third-order valence-electron chi connectivity index (χ3n) is 4.30. The van der Waals surface area contributed by atoms with Gasteiger partial charge in [0.2, 0.25) is 5.91 Å². The van der Waals surface area contributed by atoms with Crippen LogP contribution >= 0.6 is 11.3 Å². The first-order valence-electron chi connectivity index (χ1n) is 7.67. The summed E-state index contributed by atoms with van der Waals surface area (Å²) in [6.45, 7) is 2.06. The highest BCUT2D eigenvalue weighted by molar-refractivity contribution is 7.10. The molecule has 0 unspecified atom stereocenters. The van der Waals surface area contributed by atoms with E-state index in [1.807, 2.05) is 29.6 Å². The van der Waals surface area contributed by atoms with E-state index in [0.717, 1.165) is 11.3 Å². The number of nitrogens with one attached hydrogen (secondary N) is 1. The van der Waals surface area contributed by atoms with Gasteiger partial charge in [-0.3, -0.25) is 9.59 Å². The van der Waals surface area contributed by atoms with E-state index in [2.05, 4.69) is 24.4 Å². The molecule has 0 bridgehead atoms. The van der Waals surface area contributed by atoms with Gasteiger partial charge in [0, 0.05) is 10.8 Å². The number of carbonyl (C=O) groups is 2. The van der Waals surface area contributed by atoms with Crippen LogP contribution in [0.25, 0.3) is 0 Å². The lowest BCUT2D eigenvalue weighted by atomic mass is 10.0. The van der Waals surface area contributed by atoms with Gasteiger partial charge in [0.15, 0.2) is 0 Å². The summed E-state index contributed by atoms with van der Waals surface area (Å²) in [6, 6.07) is 11.4. The quantitative estimate of drug-likeness (QED) is 0.852. The van der Waals surface area contributed by atoms with Crippen molar-refractivity contribution in [1.82, 2.24) is 5.32 Å². The van der Waals surface area contributed by atoms with Crippen LogP contribution in [0.3, 0.4) is 0 Å². The summed E-state index contributed by atoms with van der Waals surface area (Å²) in [4.78, 5) is 24.4. The monoisotopic (exact) mass is 329 g/mol. The first-order chi connectivity index (χ1) is 11.1. The average molecular weight is 329 g/mol. The number of hydrogen-bond donors (Lipinski definition) is 2. The standard InChI is InChI=1S/C18H19NO3S/c1-11-5-2-3-6-12(11)13-9-14(13)18(22)19-15(10-17(20)21)16-7-4-8-23-16/h2-8,13-15H,9-10H2,1H3,(H,19,22)(H,20,21)/t13-,14-,15+/m0/s1. The zero-order valence-electron chi connectivity index (χ0n) is 12.9. The van der Waals surface area contributed by atoms with Gasteiger partial charge < -0.3 is 10.4 Å². The van der Waals surface area contributed by atoms with Crippen molar-refractivity contribution in [3.05, 3.63) is 57.8 Å². The number of carbonyl (C=O) groups excluding carboxylic acids is 1. The van der Waals surface area contributed by atoms with E-state index in [0.29, 0.717) is 0 Å². The zero-order valence-corrected chi connectivity index (χ0v) is 13.7. The van der Waals surface area contributed by atoms with Crippen LogP contribution in [0.5, 0.6) is 0 Å². The molecule has 1 saturated carbocycles. The molecule has 1 fully saturated rings. The molecular formula is C18H19NO3S. The molecule has 1 aromatic heterocycles. The van der Waals surface area contributed by atoms with Crippen molar-refractivity contribution in [3.63, 3.8) is 0 Å². The summed E-state index contributed by atoms with van der Waals surface area (Å²) < 4.78 is 0. The molecule has 120 valence electrons. The molecule has 1 amide bonds. The van der Waals surface area contributed by atoms with Crippen molar-refractivity contribution < 1.29 is 14.7 Å². The fraction of sp³-hybridized carbons (Fsp3) is 0.333. The van der Waals surface area contributed by atoms with Gasteiger partial charge >= 0.3 is 5.97 Å². The van der Waals surface area contributed by atoms with Crippen LogP contribution in [0.4, 0.5) is 0 Å². The summed E-state index contributed by atoms with van der Waals surface area (Å²) in [5, 5.41) is 13.9. The second-order valence-corrected chi connectivity index (χ2v) is 6.96. The maximum absolute atomic E-state index is 12.5. The Balaban J connectivity index is 1.67. The molecule has 5 heteroatoms. The van der Waals surface area contributed by atoms with Gasteiger partial charge in [0.25, 0.3) is 0 Å². The third-order valence-corrected chi connectivity index (χ3v) is 5.28. The number of carboxylic acid groups (broad SMARTS) is 1. The SMILES string of the molecule is Cc1ccccc1[C@@H]1C[C@@H]1C(=O)N[C@H](CC(=O)O)c1cccs1. The van der Waals surface area contributed by atoms with Crippen molar-refractivity contribution in [1.29, 1.82) is 0 Å². The Bertz CT molecular complexity index is 711. The number of amides is 1. The predicted octanol–water partition coefficient (Wildman–Crippen LogP) is 3.49. The lowest BCUT2D eigenvalue weighted by molar-refractivity contribution is -0.137. The van der Waals surface area contributed by atoms with E-state index in [1.54, 1.807) is 0 Å². The first kappa shape index (κ1) is 15.7. The van der Waals surface area contributed by atoms with Crippen molar-refractivity contribution in [3.8, 4) is 0 Å². The minimum atomic E-state index is -0.907. The van der Waals surface area contributed by atoms with Crippen LogP contribution < -0.4 is 5.32 Å². The molecule has 1 aliphatic rings. The highest BCUT2D eigenvalue weighted by atomic mass is 32.1. The molecule has 2 N–H and O–H groups in total.